The molecule has 0 fully saturated rings. The normalized spacial score (nSPS) is 12.4. The minimum absolute atomic E-state index is 0.0619. The summed E-state index contributed by atoms with van der Waals surface area (Å²) < 4.78 is 10.5. The predicted octanol–water partition coefficient (Wildman–Crippen LogP) is 1.94. The molecular weight excluding hydrogens is 296 g/mol. The number of benzene rings is 1. The van der Waals surface area contributed by atoms with Crippen LogP contribution in [0.4, 0.5) is 0 Å². The molecule has 1 unspecified atom stereocenters. The number of nitrogens with one attached hydrogen (secondary N) is 2. The van der Waals surface area contributed by atoms with Crippen LogP contribution < -0.4 is 15.6 Å². The van der Waals surface area contributed by atoms with Crippen molar-refractivity contribution in [1.29, 1.82) is 0 Å². The molecule has 23 heavy (non-hydrogen) atoms. The van der Waals surface area contributed by atoms with Gasteiger partial charge in [0, 0.05) is 6.61 Å². The van der Waals surface area contributed by atoms with Gasteiger partial charge in [-0.25, -0.2) is 0 Å². The van der Waals surface area contributed by atoms with E-state index in [0.29, 0.717) is 12.4 Å². The Morgan fingerprint density at radius 1 is 1.13 bits per heavy atom. The molecule has 0 saturated heterocycles. The van der Waals surface area contributed by atoms with E-state index in [2.05, 4.69) is 31.6 Å². The molecule has 1 rings (SSSR count). The van der Waals surface area contributed by atoms with Gasteiger partial charge in [-0.2, -0.15) is 0 Å². The maximum absolute atomic E-state index is 11.9. The zero-order valence-corrected chi connectivity index (χ0v) is 14.4. The molecule has 2 amide bonds. The molecule has 0 aliphatic carbocycles. The highest BCUT2D eigenvalue weighted by atomic mass is 16.5. The topological polar surface area (TPSA) is 76.7 Å². The van der Waals surface area contributed by atoms with Gasteiger partial charge in [-0.1, -0.05) is 32.9 Å². The average Bonchev–Trinajstić information content (AvgIpc) is 2.50. The van der Waals surface area contributed by atoms with Crippen LogP contribution in [0.5, 0.6) is 5.75 Å². The van der Waals surface area contributed by atoms with Crippen LogP contribution in [0.15, 0.2) is 24.3 Å². The molecule has 0 radical (unpaired) electrons. The lowest BCUT2D eigenvalue weighted by molar-refractivity contribution is -0.134. The molecule has 1 atom stereocenters. The SMILES string of the molecule is CCOCC(=O)NNC(=O)C(C)Oc1ccc(C(C)(C)C)cc1. The van der Waals surface area contributed by atoms with Gasteiger partial charge in [0.15, 0.2) is 6.10 Å². The first-order valence-electron chi connectivity index (χ1n) is 7.67. The quantitative estimate of drug-likeness (QED) is 0.785. The number of ether oxygens (including phenoxy) is 2. The van der Waals surface area contributed by atoms with Crippen molar-refractivity contribution in [1.82, 2.24) is 10.9 Å². The lowest BCUT2D eigenvalue weighted by Gasteiger charge is -2.20. The Hall–Kier alpha value is -2.08. The number of carbonyl (C=O) groups is 2. The van der Waals surface area contributed by atoms with E-state index >= 15 is 0 Å². The van der Waals surface area contributed by atoms with Crippen molar-refractivity contribution in [2.24, 2.45) is 0 Å². The second kappa shape index (κ2) is 8.53. The van der Waals surface area contributed by atoms with Gasteiger partial charge in [0.05, 0.1) is 0 Å². The van der Waals surface area contributed by atoms with E-state index in [0.717, 1.165) is 0 Å². The number of hydrazine groups is 1. The van der Waals surface area contributed by atoms with Gasteiger partial charge in [-0.05, 0) is 37.0 Å². The molecule has 1 aromatic rings. The van der Waals surface area contributed by atoms with Crippen molar-refractivity contribution in [2.75, 3.05) is 13.2 Å². The molecule has 6 heteroatoms. The van der Waals surface area contributed by atoms with Gasteiger partial charge in [-0.15, -0.1) is 0 Å². The molecule has 0 heterocycles. The summed E-state index contributed by atoms with van der Waals surface area (Å²) in [5.41, 5.74) is 5.82. The van der Waals surface area contributed by atoms with Crippen molar-refractivity contribution in [2.45, 2.75) is 46.1 Å². The van der Waals surface area contributed by atoms with Crippen LogP contribution in [0.25, 0.3) is 0 Å². The van der Waals surface area contributed by atoms with E-state index in [1.165, 1.54) is 5.56 Å². The van der Waals surface area contributed by atoms with Crippen LogP contribution in [-0.4, -0.2) is 31.1 Å². The number of hydrogen-bond acceptors (Lipinski definition) is 4. The lowest BCUT2D eigenvalue weighted by Crippen LogP contribution is -2.48. The highest BCUT2D eigenvalue weighted by Crippen LogP contribution is 2.24. The molecule has 128 valence electrons. The van der Waals surface area contributed by atoms with Crippen LogP contribution in [-0.2, 0) is 19.7 Å². The molecule has 0 saturated carbocycles. The van der Waals surface area contributed by atoms with Crippen molar-refractivity contribution >= 4 is 11.8 Å². The van der Waals surface area contributed by atoms with E-state index < -0.39 is 17.9 Å². The largest absolute Gasteiger partial charge is 0.481 e. The Morgan fingerprint density at radius 3 is 2.26 bits per heavy atom. The van der Waals surface area contributed by atoms with E-state index in [1.807, 2.05) is 24.3 Å². The highest BCUT2D eigenvalue weighted by molar-refractivity contribution is 5.85. The van der Waals surface area contributed by atoms with Gasteiger partial charge in [0.25, 0.3) is 11.8 Å². The Morgan fingerprint density at radius 2 is 1.74 bits per heavy atom. The minimum Gasteiger partial charge on any atom is -0.481 e. The average molecular weight is 322 g/mol. The first-order valence-corrected chi connectivity index (χ1v) is 7.67. The number of rotatable bonds is 6. The monoisotopic (exact) mass is 322 g/mol. The smallest absolute Gasteiger partial charge is 0.279 e. The van der Waals surface area contributed by atoms with Crippen LogP contribution in [0.2, 0.25) is 0 Å². The molecular formula is C17H26N2O4. The zero-order chi connectivity index (χ0) is 17.5. The van der Waals surface area contributed by atoms with Crippen molar-refractivity contribution in [3.8, 4) is 5.75 Å². The fourth-order valence-electron chi connectivity index (χ4n) is 1.75. The predicted molar refractivity (Wildman–Crippen MR) is 88.0 cm³/mol. The molecule has 6 nitrogen and oxygen atoms in total. The Bertz CT molecular complexity index is 520. The summed E-state index contributed by atoms with van der Waals surface area (Å²) in [5.74, 6) is -0.252. The minimum atomic E-state index is -0.733. The summed E-state index contributed by atoms with van der Waals surface area (Å²) in [7, 11) is 0. The van der Waals surface area contributed by atoms with Crippen LogP contribution in [0.3, 0.4) is 0 Å². The second-order valence-electron chi connectivity index (χ2n) is 6.21. The summed E-state index contributed by atoms with van der Waals surface area (Å²) in [5, 5.41) is 0. The maximum atomic E-state index is 11.9. The Balaban J connectivity index is 2.47. The first kappa shape index (κ1) is 19.0. The van der Waals surface area contributed by atoms with Crippen LogP contribution >= 0.6 is 0 Å². The fraction of sp³-hybridized carbons (Fsp3) is 0.529. The molecule has 0 aromatic heterocycles. The molecule has 0 spiro atoms. The Labute approximate surface area is 137 Å². The Kier molecular flexibility index (Phi) is 7.03. The highest BCUT2D eigenvalue weighted by Gasteiger charge is 2.17. The van der Waals surface area contributed by atoms with Gasteiger partial charge in [0.2, 0.25) is 0 Å². The third-order valence-electron chi connectivity index (χ3n) is 3.16. The zero-order valence-electron chi connectivity index (χ0n) is 14.4. The molecule has 1 aromatic carbocycles. The molecule has 0 aliphatic heterocycles. The third-order valence-corrected chi connectivity index (χ3v) is 3.16. The molecule has 2 N–H and O–H groups in total. The lowest BCUT2D eigenvalue weighted by atomic mass is 9.87. The summed E-state index contributed by atoms with van der Waals surface area (Å²) in [4.78, 5) is 23.2. The van der Waals surface area contributed by atoms with E-state index in [1.54, 1.807) is 13.8 Å². The number of hydrogen-bond donors (Lipinski definition) is 2. The molecule has 0 aliphatic rings. The van der Waals surface area contributed by atoms with Crippen molar-refractivity contribution in [3.63, 3.8) is 0 Å². The fourth-order valence-corrected chi connectivity index (χ4v) is 1.75. The van der Waals surface area contributed by atoms with Gasteiger partial charge >= 0.3 is 0 Å². The molecule has 0 bridgehead atoms. The number of carbonyl (C=O) groups excluding carboxylic acids is 2. The second-order valence-corrected chi connectivity index (χ2v) is 6.21. The number of amides is 2. The first-order chi connectivity index (χ1) is 10.7. The van der Waals surface area contributed by atoms with E-state index in [9.17, 15) is 9.59 Å². The summed E-state index contributed by atoms with van der Waals surface area (Å²) >= 11 is 0. The summed E-state index contributed by atoms with van der Waals surface area (Å²) in [6.07, 6.45) is -0.733. The van der Waals surface area contributed by atoms with Crippen molar-refractivity contribution < 1.29 is 19.1 Å². The maximum Gasteiger partial charge on any atom is 0.279 e. The summed E-state index contributed by atoms with van der Waals surface area (Å²) in [6, 6.07) is 7.61. The summed E-state index contributed by atoms with van der Waals surface area (Å²) in [6.45, 7) is 10.1. The third kappa shape index (κ3) is 6.69. The van der Waals surface area contributed by atoms with E-state index in [4.69, 9.17) is 9.47 Å². The van der Waals surface area contributed by atoms with Crippen molar-refractivity contribution in [3.05, 3.63) is 29.8 Å². The van der Waals surface area contributed by atoms with E-state index in [-0.39, 0.29) is 12.0 Å². The van der Waals surface area contributed by atoms with Gasteiger partial charge in [0.1, 0.15) is 12.4 Å². The van der Waals surface area contributed by atoms with Gasteiger partial charge < -0.3 is 9.47 Å². The van der Waals surface area contributed by atoms with Crippen LogP contribution in [0, 0.1) is 0 Å². The van der Waals surface area contributed by atoms with Gasteiger partial charge in [-0.3, -0.25) is 20.4 Å². The standard InChI is InChI=1S/C17H26N2O4/c1-6-22-11-15(20)18-19-16(21)12(2)23-14-9-7-13(8-10-14)17(3,4)5/h7-10,12H,6,11H2,1-5H3,(H,18,20)(H,19,21). The van der Waals surface area contributed by atoms with Crippen LogP contribution in [0.1, 0.15) is 40.2 Å².